The first-order valence-electron chi connectivity index (χ1n) is 14.6. The Hall–Kier alpha value is -5.15. The lowest BCUT2D eigenvalue weighted by Gasteiger charge is -2.14. The number of anilines is 2. The van der Waals surface area contributed by atoms with Crippen molar-refractivity contribution in [2.24, 2.45) is 0 Å². The molecular formula is C36H35N3O5S. The Morgan fingerprint density at radius 3 is 2.16 bits per heavy atom. The Morgan fingerprint density at radius 1 is 0.778 bits per heavy atom. The number of ether oxygens (including phenoxy) is 1. The van der Waals surface area contributed by atoms with Crippen molar-refractivity contribution >= 4 is 52.9 Å². The minimum Gasteiger partial charge on any atom is -0.462 e. The van der Waals surface area contributed by atoms with Gasteiger partial charge in [0.25, 0.3) is 11.8 Å². The zero-order chi connectivity index (χ0) is 32.0. The summed E-state index contributed by atoms with van der Waals surface area (Å²) in [6.07, 6.45) is 3.36. The van der Waals surface area contributed by atoms with E-state index in [0.717, 1.165) is 23.3 Å². The van der Waals surface area contributed by atoms with E-state index in [4.69, 9.17) is 4.74 Å². The van der Waals surface area contributed by atoms with E-state index in [1.54, 1.807) is 79.7 Å². The first kappa shape index (κ1) is 32.8. The van der Waals surface area contributed by atoms with Crippen molar-refractivity contribution in [3.63, 3.8) is 0 Å². The predicted molar refractivity (Wildman–Crippen MR) is 179 cm³/mol. The van der Waals surface area contributed by atoms with Crippen LogP contribution in [0.1, 0.15) is 53.0 Å². The van der Waals surface area contributed by atoms with Gasteiger partial charge in [-0.2, -0.15) is 0 Å². The number of unbranched alkanes of at least 4 members (excludes halogenated alkanes) is 1. The van der Waals surface area contributed by atoms with Crippen LogP contribution in [-0.4, -0.2) is 35.5 Å². The quantitative estimate of drug-likeness (QED) is 0.0631. The summed E-state index contributed by atoms with van der Waals surface area (Å²) in [5.74, 6) is -1.50. The molecule has 1 atom stereocenters. The summed E-state index contributed by atoms with van der Waals surface area (Å²) in [5.41, 5.74) is 2.76. The van der Waals surface area contributed by atoms with Gasteiger partial charge in [-0.3, -0.25) is 14.4 Å². The van der Waals surface area contributed by atoms with E-state index >= 15 is 0 Å². The van der Waals surface area contributed by atoms with Gasteiger partial charge in [-0.15, -0.1) is 11.8 Å². The Morgan fingerprint density at radius 2 is 1.47 bits per heavy atom. The number of hydrogen-bond donors (Lipinski definition) is 3. The second-order valence-corrected chi connectivity index (χ2v) is 11.5. The number of rotatable bonds is 13. The van der Waals surface area contributed by atoms with Crippen LogP contribution in [0.2, 0.25) is 0 Å². The summed E-state index contributed by atoms with van der Waals surface area (Å²) in [7, 11) is 0. The first-order chi connectivity index (χ1) is 21.8. The van der Waals surface area contributed by atoms with Crippen LogP contribution in [0.4, 0.5) is 11.4 Å². The third-order valence-electron chi connectivity index (χ3n) is 6.53. The van der Waals surface area contributed by atoms with Gasteiger partial charge in [-0.05, 0) is 79.6 Å². The fourth-order valence-electron chi connectivity index (χ4n) is 4.09. The second kappa shape index (κ2) is 16.6. The van der Waals surface area contributed by atoms with Crippen LogP contribution in [0, 0.1) is 0 Å². The largest absolute Gasteiger partial charge is 0.462 e. The summed E-state index contributed by atoms with van der Waals surface area (Å²) in [6.45, 7) is 4.19. The summed E-state index contributed by atoms with van der Waals surface area (Å²) >= 11 is 1.33. The van der Waals surface area contributed by atoms with Crippen LogP contribution in [0.25, 0.3) is 6.08 Å². The molecule has 0 saturated carbocycles. The number of amides is 3. The molecule has 0 aliphatic carbocycles. The molecule has 4 aromatic rings. The van der Waals surface area contributed by atoms with Gasteiger partial charge in [-0.1, -0.05) is 67.9 Å². The van der Waals surface area contributed by atoms with Crippen LogP contribution < -0.4 is 16.0 Å². The van der Waals surface area contributed by atoms with Crippen molar-refractivity contribution in [1.82, 2.24) is 5.32 Å². The molecule has 0 heterocycles. The average molecular weight is 622 g/mol. The van der Waals surface area contributed by atoms with Crippen molar-refractivity contribution < 1.29 is 23.9 Å². The maximum atomic E-state index is 13.4. The summed E-state index contributed by atoms with van der Waals surface area (Å²) in [6, 6.07) is 31.6. The molecule has 4 rings (SSSR count). The molecule has 0 saturated heterocycles. The number of nitrogens with one attached hydrogen (secondary N) is 3. The Labute approximate surface area is 267 Å². The SMILES string of the molecule is CCCCOC(=O)c1ccc(NC(=O)C(C)Sc2cccc(NC(=O)/C(=C/c3ccccc3)NC(=O)c3ccccc3)c2)cc1. The highest BCUT2D eigenvalue weighted by atomic mass is 32.2. The molecule has 45 heavy (non-hydrogen) atoms. The maximum absolute atomic E-state index is 13.4. The number of esters is 1. The average Bonchev–Trinajstić information content (AvgIpc) is 3.05. The van der Waals surface area contributed by atoms with E-state index in [-0.39, 0.29) is 11.6 Å². The van der Waals surface area contributed by atoms with E-state index in [9.17, 15) is 19.2 Å². The fraction of sp³-hybridized carbons (Fsp3) is 0.167. The second-order valence-electron chi connectivity index (χ2n) is 10.1. The van der Waals surface area contributed by atoms with Crippen LogP contribution >= 0.6 is 11.8 Å². The van der Waals surface area contributed by atoms with Gasteiger partial charge in [0, 0.05) is 21.8 Å². The lowest BCUT2D eigenvalue weighted by molar-refractivity contribution is -0.115. The van der Waals surface area contributed by atoms with Gasteiger partial charge in [0.05, 0.1) is 17.4 Å². The molecule has 0 fully saturated rings. The minimum absolute atomic E-state index is 0.0843. The highest BCUT2D eigenvalue weighted by molar-refractivity contribution is 8.00. The van der Waals surface area contributed by atoms with E-state index < -0.39 is 23.0 Å². The molecule has 0 aliphatic heterocycles. The summed E-state index contributed by atoms with van der Waals surface area (Å²) < 4.78 is 5.23. The summed E-state index contributed by atoms with van der Waals surface area (Å²) in [5, 5.41) is 8.00. The number of hydrogen-bond acceptors (Lipinski definition) is 6. The third kappa shape index (κ3) is 10.2. The van der Waals surface area contributed by atoms with Crippen LogP contribution in [0.3, 0.4) is 0 Å². The van der Waals surface area contributed by atoms with Gasteiger partial charge in [0.1, 0.15) is 5.70 Å². The molecule has 8 nitrogen and oxygen atoms in total. The van der Waals surface area contributed by atoms with Crippen molar-refractivity contribution in [2.75, 3.05) is 17.2 Å². The first-order valence-corrected chi connectivity index (χ1v) is 15.5. The lowest BCUT2D eigenvalue weighted by Crippen LogP contribution is -2.30. The van der Waals surface area contributed by atoms with Crippen LogP contribution in [-0.2, 0) is 14.3 Å². The predicted octanol–water partition coefficient (Wildman–Crippen LogP) is 7.17. The molecule has 0 radical (unpaired) electrons. The molecule has 0 aliphatic rings. The molecule has 0 spiro atoms. The zero-order valence-corrected chi connectivity index (χ0v) is 25.9. The van der Waals surface area contributed by atoms with E-state index in [1.807, 2.05) is 49.4 Å². The third-order valence-corrected chi connectivity index (χ3v) is 7.63. The molecule has 1 unspecified atom stereocenters. The van der Waals surface area contributed by atoms with Gasteiger partial charge in [0.2, 0.25) is 5.91 Å². The highest BCUT2D eigenvalue weighted by Gasteiger charge is 2.18. The number of benzene rings is 4. The smallest absolute Gasteiger partial charge is 0.338 e. The molecule has 4 aromatic carbocycles. The zero-order valence-electron chi connectivity index (χ0n) is 25.1. The number of carbonyl (C=O) groups is 4. The van der Waals surface area contributed by atoms with Gasteiger partial charge in [0.15, 0.2) is 0 Å². The number of thioether (sulfide) groups is 1. The van der Waals surface area contributed by atoms with E-state index in [2.05, 4.69) is 16.0 Å². The molecule has 230 valence electrons. The maximum Gasteiger partial charge on any atom is 0.338 e. The fourth-order valence-corrected chi connectivity index (χ4v) is 5.01. The van der Waals surface area contributed by atoms with Crippen molar-refractivity contribution in [3.05, 3.63) is 132 Å². The molecular weight excluding hydrogens is 586 g/mol. The van der Waals surface area contributed by atoms with Crippen molar-refractivity contribution in [3.8, 4) is 0 Å². The van der Waals surface area contributed by atoms with E-state index in [1.165, 1.54) is 11.8 Å². The molecule has 3 amide bonds. The monoisotopic (exact) mass is 621 g/mol. The van der Waals surface area contributed by atoms with Gasteiger partial charge in [-0.25, -0.2) is 4.79 Å². The molecule has 3 N–H and O–H groups in total. The molecule has 9 heteroatoms. The summed E-state index contributed by atoms with van der Waals surface area (Å²) in [4.78, 5) is 52.0. The van der Waals surface area contributed by atoms with Gasteiger partial charge < -0.3 is 20.7 Å². The molecule has 0 aromatic heterocycles. The normalized spacial score (nSPS) is 11.6. The van der Waals surface area contributed by atoms with Crippen LogP contribution in [0.5, 0.6) is 0 Å². The van der Waals surface area contributed by atoms with Gasteiger partial charge >= 0.3 is 5.97 Å². The lowest BCUT2D eigenvalue weighted by atomic mass is 10.1. The van der Waals surface area contributed by atoms with Crippen molar-refractivity contribution in [1.29, 1.82) is 0 Å². The number of carbonyl (C=O) groups excluding carboxylic acids is 4. The topological polar surface area (TPSA) is 114 Å². The Bertz CT molecular complexity index is 1640. The van der Waals surface area contributed by atoms with Crippen molar-refractivity contribution in [2.45, 2.75) is 36.8 Å². The minimum atomic E-state index is -0.492. The highest BCUT2D eigenvalue weighted by Crippen LogP contribution is 2.27. The molecule has 0 bridgehead atoms. The van der Waals surface area contributed by atoms with Crippen LogP contribution in [0.15, 0.2) is 120 Å². The Balaban J connectivity index is 1.38. The standard InChI is InChI=1S/C36H35N3O5S/c1-3-4-22-44-36(43)28-18-20-29(21-19-28)37-33(40)25(2)45-31-17-11-16-30(24-31)38-35(42)32(23-26-12-7-5-8-13-26)39-34(41)27-14-9-6-10-15-27/h5-21,23-25H,3-4,22H2,1-2H3,(H,37,40)(H,38,42)(H,39,41)/b32-23-. The van der Waals surface area contributed by atoms with E-state index in [0.29, 0.717) is 29.1 Å². The Kier molecular flexibility index (Phi) is 12.1.